The van der Waals surface area contributed by atoms with Crippen LogP contribution in [0.15, 0.2) is 35.3 Å². The molecule has 0 N–H and O–H groups in total. The molecule has 0 aliphatic heterocycles. The molecule has 0 unspecified atom stereocenters. The second kappa shape index (κ2) is 3.01. The number of furan rings is 1. The van der Waals surface area contributed by atoms with Crippen LogP contribution in [-0.4, -0.2) is 9.55 Å². The quantitative estimate of drug-likeness (QED) is 0.740. The first-order chi connectivity index (χ1) is 6.93. The Morgan fingerprint density at radius 2 is 2.43 bits per heavy atom. The predicted octanol–water partition coefficient (Wildman–Crippen LogP) is 2.40. The molecule has 3 heteroatoms. The average molecular weight is 188 g/mol. The highest BCUT2D eigenvalue weighted by Crippen LogP contribution is 2.39. The van der Waals surface area contributed by atoms with E-state index in [2.05, 4.69) is 9.55 Å². The van der Waals surface area contributed by atoms with E-state index in [1.165, 1.54) is 18.5 Å². The minimum absolute atomic E-state index is 0.743. The van der Waals surface area contributed by atoms with Gasteiger partial charge in [0.05, 0.1) is 19.1 Å². The van der Waals surface area contributed by atoms with Crippen molar-refractivity contribution in [2.75, 3.05) is 0 Å². The first-order valence-corrected chi connectivity index (χ1v) is 4.96. The Bertz CT molecular complexity index is 412. The minimum atomic E-state index is 0.743. The number of imidazole rings is 1. The van der Waals surface area contributed by atoms with E-state index in [1.807, 2.05) is 24.7 Å². The number of aromatic nitrogens is 2. The van der Waals surface area contributed by atoms with Crippen LogP contribution in [0.2, 0.25) is 0 Å². The molecule has 1 fully saturated rings. The van der Waals surface area contributed by atoms with Gasteiger partial charge in [-0.25, -0.2) is 4.98 Å². The lowest BCUT2D eigenvalue weighted by Gasteiger charge is -2.04. The summed E-state index contributed by atoms with van der Waals surface area (Å²) in [6, 6.07) is 3.92. The Labute approximate surface area is 82.4 Å². The average Bonchev–Trinajstić information content (AvgIpc) is 2.74. The highest BCUT2D eigenvalue weighted by Gasteiger charge is 2.26. The molecular formula is C11H12N2O. The van der Waals surface area contributed by atoms with E-state index in [0.29, 0.717) is 0 Å². The standard InChI is InChI=1S/C11H12N2O/c1-2-10(14-5-1)7-13-8-12-6-11(13)9-3-4-9/h1-2,5-6,8-9H,3-4,7H2. The summed E-state index contributed by atoms with van der Waals surface area (Å²) in [5, 5.41) is 0. The van der Waals surface area contributed by atoms with Gasteiger partial charge in [0, 0.05) is 17.8 Å². The highest BCUT2D eigenvalue weighted by atomic mass is 16.3. The van der Waals surface area contributed by atoms with Crippen molar-refractivity contribution in [1.29, 1.82) is 0 Å². The molecule has 1 aliphatic carbocycles. The predicted molar refractivity (Wildman–Crippen MR) is 52.0 cm³/mol. The Hall–Kier alpha value is -1.51. The largest absolute Gasteiger partial charge is 0.467 e. The molecule has 2 aromatic rings. The van der Waals surface area contributed by atoms with E-state index < -0.39 is 0 Å². The normalized spacial score (nSPS) is 16.0. The van der Waals surface area contributed by atoms with Crippen molar-refractivity contribution in [3.63, 3.8) is 0 Å². The SMILES string of the molecule is c1coc(Cn2cncc2C2CC2)c1. The van der Waals surface area contributed by atoms with Gasteiger partial charge in [-0.05, 0) is 25.0 Å². The first-order valence-electron chi connectivity index (χ1n) is 4.96. The van der Waals surface area contributed by atoms with Gasteiger partial charge in [-0.1, -0.05) is 0 Å². The van der Waals surface area contributed by atoms with Crippen molar-refractivity contribution in [2.45, 2.75) is 25.3 Å². The lowest BCUT2D eigenvalue weighted by molar-refractivity contribution is 0.489. The van der Waals surface area contributed by atoms with E-state index in [-0.39, 0.29) is 0 Å². The Balaban J connectivity index is 1.85. The van der Waals surface area contributed by atoms with Gasteiger partial charge in [0.25, 0.3) is 0 Å². The van der Waals surface area contributed by atoms with Crippen LogP contribution in [0, 0.1) is 0 Å². The molecule has 14 heavy (non-hydrogen) atoms. The fourth-order valence-electron chi connectivity index (χ4n) is 1.75. The van der Waals surface area contributed by atoms with Gasteiger partial charge in [-0.3, -0.25) is 0 Å². The third-order valence-electron chi connectivity index (χ3n) is 2.65. The van der Waals surface area contributed by atoms with Gasteiger partial charge in [0.2, 0.25) is 0 Å². The number of hydrogen-bond donors (Lipinski definition) is 0. The van der Waals surface area contributed by atoms with Gasteiger partial charge in [0.1, 0.15) is 5.76 Å². The molecule has 0 atom stereocenters. The van der Waals surface area contributed by atoms with E-state index in [1.54, 1.807) is 6.26 Å². The third-order valence-corrected chi connectivity index (χ3v) is 2.65. The molecule has 0 bridgehead atoms. The molecule has 2 aromatic heterocycles. The molecule has 0 spiro atoms. The monoisotopic (exact) mass is 188 g/mol. The van der Waals surface area contributed by atoms with Crippen LogP contribution in [0.3, 0.4) is 0 Å². The second-order valence-corrected chi connectivity index (χ2v) is 3.80. The summed E-state index contributed by atoms with van der Waals surface area (Å²) in [5.74, 6) is 1.73. The zero-order chi connectivity index (χ0) is 9.38. The van der Waals surface area contributed by atoms with Crippen molar-refractivity contribution in [3.8, 4) is 0 Å². The van der Waals surface area contributed by atoms with Crippen LogP contribution in [0.4, 0.5) is 0 Å². The molecule has 2 heterocycles. The lowest BCUT2D eigenvalue weighted by atomic mass is 10.3. The van der Waals surface area contributed by atoms with Crippen molar-refractivity contribution in [2.24, 2.45) is 0 Å². The maximum absolute atomic E-state index is 5.31. The molecule has 3 rings (SSSR count). The summed E-state index contributed by atoms with van der Waals surface area (Å²) < 4.78 is 7.49. The zero-order valence-corrected chi connectivity index (χ0v) is 7.89. The number of nitrogens with zero attached hydrogens (tertiary/aromatic N) is 2. The minimum Gasteiger partial charge on any atom is -0.467 e. The zero-order valence-electron chi connectivity index (χ0n) is 7.89. The molecule has 0 radical (unpaired) electrons. The Morgan fingerprint density at radius 3 is 3.14 bits per heavy atom. The maximum atomic E-state index is 5.31. The number of hydrogen-bond acceptors (Lipinski definition) is 2. The van der Waals surface area contributed by atoms with Gasteiger partial charge >= 0.3 is 0 Å². The van der Waals surface area contributed by atoms with Gasteiger partial charge in [0.15, 0.2) is 0 Å². The second-order valence-electron chi connectivity index (χ2n) is 3.80. The molecule has 3 nitrogen and oxygen atoms in total. The maximum Gasteiger partial charge on any atom is 0.123 e. The molecule has 0 saturated heterocycles. The van der Waals surface area contributed by atoms with Crippen LogP contribution in [-0.2, 0) is 6.54 Å². The fourth-order valence-corrected chi connectivity index (χ4v) is 1.75. The summed E-state index contributed by atoms with van der Waals surface area (Å²) >= 11 is 0. The van der Waals surface area contributed by atoms with E-state index in [9.17, 15) is 0 Å². The van der Waals surface area contributed by atoms with Crippen molar-refractivity contribution < 1.29 is 4.42 Å². The van der Waals surface area contributed by atoms with E-state index >= 15 is 0 Å². The third kappa shape index (κ3) is 1.35. The van der Waals surface area contributed by atoms with Crippen LogP contribution >= 0.6 is 0 Å². The van der Waals surface area contributed by atoms with Crippen LogP contribution in [0.25, 0.3) is 0 Å². The Morgan fingerprint density at radius 1 is 1.50 bits per heavy atom. The molecule has 0 aromatic carbocycles. The van der Waals surface area contributed by atoms with Crippen molar-refractivity contribution in [1.82, 2.24) is 9.55 Å². The first kappa shape index (κ1) is 7.85. The van der Waals surface area contributed by atoms with Crippen LogP contribution in [0.1, 0.15) is 30.2 Å². The number of rotatable bonds is 3. The van der Waals surface area contributed by atoms with E-state index in [4.69, 9.17) is 4.42 Å². The summed E-state index contributed by atoms with van der Waals surface area (Å²) in [6.07, 6.45) is 8.19. The van der Waals surface area contributed by atoms with E-state index in [0.717, 1.165) is 18.2 Å². The topological polar surface area (TPSA) is 31.0 Å². The van der Waals surface area contributed by atoms with Crippen molar-refractivity contribution in [3.05, 3.63) is 42.4 Å². The molecule has 1 aliphatic rings. The molecular weight excluding hydrogens is 176 g/mol. The summed E-state index contributed by atoms with van der Waals surface area (Å²) in [4.78, 5) is 4.19. The van der Waals surface area contributed by atoms with Gasteiger partial charge < -0.3 is 8.98 Å². The fraction of sp³-hybridized carbons (Fsp3) is 0.364. The smallest absolute Gasteiger partial charge is 0.123 e. The lowest BCUT2D eigenvalue weighted by Crippen LogP contribution is -2.00. The molecule has 0 amide bonds. The van der Waals surface area contributed by atoms with Crippen LogP contribution < -0.4 is 0 Å². The highest BCUT2D eigenvalue weighted by molar-refractivity contribution is 5.14. The summed E-state index contributed by atoms with van der Waals surface area (Å²) in [5.41, 5.74) is 1.35. The summed E-state index contributed by atoms with van der Waals surface area (Å²) in [7, 11) is 0. The Kier molecular flexibility index (Phi) is 1.69. The van der Waals surface area contributed by atoms with Gasteiger partial charge in [-0.2, -0.15) is 0 Å². The van der Waals surface area contributed by atoms with Gasteiger partial charge in [-0.15, -0.1) is 0 Å². The van der Waals surface area contributed by atoms with Crippen LogP contribution in [0.5, 0.6) is 0 Å². The summed E-state index contributed by atoms with van der Waals surface area (Å²) in [6.45, 7) is 0.804. The molecule has 1 saturated carbocycles. The molecule has 72 valence electrons. The van der Waals surface area contributed by atoms with Crippen molar-refractivity contribution >= 4 is 0 Å².